The van der Waals surface area contributed by atoms with Crippen LogP contribution in [0.1, 0.15) is 19.2 Å². The van der Waals surface area contributed by atoms with E-state index in [1.165, 1.54) is 0 Å². The van der Waals surface area contributed by atoms with Crippen LogP contribution in [0.5, 0.6) is 0 Å². The van der Waals surface area contributed by atoms with Gasteiger partial charge in [0.15, 0.2) is 0 Å². The van der Waals surface area contributed by atoms with E-state index in [1.807, 2.05) is 31.2 Å². The Labute approximate surface area is 101 Å². The number of hydrogen-bond donors (Lipinski definition) is 1. The smallest absolute Gasteiger partial charge is 0.129 e. The van der Waals surface area contributed by atoms with Gasteiger partial charge in [-0.15, -0.1) is 0 Å². The molecular formula is C13H16N4. The second-order valence-electron chi connectivity index (χ2n) is 4.09. The number of pyridine rings is 1. The van der Waals surface area contributed by atoms with E-state index in [-0.39, 0.29) is 6.04 Å². The van der Waals surface area contributed by atoms with Gasteiger partial charge in [-0.1, -0.05) is 6.07 Å². The third kappa shape index (κ3) is 3.32. The second kappa shape index (κ2) is 5.50. The van der Waals surface area contributed by atoms with Gasteiger partial charge in [-0.2, -0.15) is 0 Å². The minimum absolute atomic E-state index is 0.178. The first kappa shape index (κ1) is 11.7. The first-order valence-electron chi connectivity index (χ1n) is 5.74. The molecule has 0 radical (unpaired) electrons. The molecule has 0 saturated carbocycles. The quantitative estimate of drug-likeness (QED) is 0.866. The van der Waals surface area contributed by atoms with Gasteiger partial charge >= 0.3 is 0 Å². The molecular weight excluding hydrogens is 212 g/mol. The fourth-order valence-corrected chi connectivity index (χ4v) is 1.53. The molecule has 0 aliphatic carbocycles. The highest BCUT2D eigenvalue weighted by molar-refractivity contribution is 5.52. The summed E-state index contributed by atoms with van der Waals surface area (Å²) in [6, 6.07) is 7.83. The summed E-state index contributed by atoms with van der Waals surface area (Å²) in [4.78, 5) is 13.0. The molecule has 0 fully saturated rings. The molecule has 0 aliphatic heterocycles. The van der Waals surface area contributed by atoms with E-state index < -0.39 is 0 Å². The summed E-state index contributed by atoms with van der Waals surface area (Å²) < 4.78 is 0. The van der Waals surface area contributed by atoms with Crippen LogP contribution in [0.15, 0.2) is 36.7 Å². The number of nitrogens with two attached hydrogens (primary N) is 1. The number of aromatic nitrogens is 3. The van der Waals surface area contributed by atoms with Crippen molar-refractivity contribution in [3.05, 3.63) is 42.5 Å². The van der Waals surface area contributed by atoms with Crippen molar-refractivity contribution in [2.45, 2.75) is 25.8 Å². The predicted molar refractivity (Wildman–Crippen MR) is 67.2 cm³/mol. The van der Waals surface area contributed by atoms with Gasteiger partial charge < -0.3 is 5.73 Å². The number of rotatable bonds is 4. The monoisotopic (exact) mass is 228 g/mol. The molecule has 0 bridgehead atoms. The average molecular weight is 228 g/mol. The van der Waals surface area contributed by atoms with Crippen LogP contribution in [-0.2, 0) is 6.42 Å². The highest BCUT2D eigenvalue weighted by Gasteiger charge is 2.03. The molecule has 1 unspecified atom stereocenters. The molecule has 0 saturated heterocycles. The van der Waals surface area contributed by atoms with E-state index in [0.29, 0.717) is 0 Å². The van der Waals surface area contributed by atoms with Gasteiger partial charge in [0.05, 0.1) is 11.4 Å². The molecule has 0 aromatic carbocycles. The molecule has 88 valence electrons. The highest BCUT2D eigenvalue weighted by Crippen LogP contribution is 2.12. The number of nitrogens with zero attached hydrogens (tertiary/aromatic N) is 3. The third-order valence-corrected chi connectivity index (χ3v) is 2.46. The van der Waals surface area contributed by atoms with Crippen molar-refractivity contribution < 1.29 is 0 Å². The maximum absolute atomic E-state index is 5.72. The van der Waals surface area contributed by atoms with E-state index in [2.05, 4.69) is 15.0 Å². The van der Waals surface area contributed by atoms with Crippen molar-refractivity contribution in [3.63, 3.8) is 0 Å². The molecule has 0 aliphatic rings. The van der Waals surface area contributed by atoms with Crippen molar-refractivity contribution >= 4 is 0 Å². The minimum atomic E-state index is 0.178. The largest absolute Gasteiger partial charge is 0.328 e. The Balaban J connectivity index is 2.17. The summed E-state index contributed by atoms with van der Waals surface area (Å²) >= 11 is 0. The zero-order valence-electron chi connectivity index (χ0n) is 9.87. The first-order valence-corrected chi connectivity index (χ1v) is 5.74. The van der Waals surface area contributed by atoms with Crippen LogP contribution >= 0.6 is 0 Å². The molecule has 2 aromatic heterocycles. The third-order valence-electron chi connectivity index (χ3n) is 2.46. The Kier molecular flexibility index (Phi) is 3.77. The lowest BCUT2D eigenvalue weighted by atomic mass is 10.2. The van der Waals surface area contributed by atoms with Crippen molar-refractivity contribution in [1.82, 2.24) is 15.0 Å². The van der Waals surface area contributed by atoms with Crippen LogP contribution in [0.3, 0.4) is 0 Å². The highest BCUT2D eigenvalue weighted by atomic mass is 14.9. The Morgan fingerprint density at radius 2 is 2.00 bits per heavy atom. The van der Waals surface area contributed by atoms with Gasteiger partial charge in [-0.05, 0) is 31.5 Å². The van der Waals surface area contributed by atoms with Crippen LogP contribution in [0, 0.1) is 0 Å². The van der Waals surface area contributed by atoms with E-state index in [4.69, 9.17) is 5.73 Å². The van der Waals surface area contributed by atoms with Gasteiger partial charge in [0.25, 0.3) is 0 Å². The summed E-state index contributed by atoms with van der Waals surface area (Å²) in [6.07, 6.45) is 5.23. The fraction of sp³-hybridized carbons (Fsp3) is 0.308. The van der Waals surface area contributed by atoms with Gasteiger partial charge in [0, 0.05) is 24.9 Å². The molecule has 0 spiro atoms. The van der Waals surface area contributed by atoms with Crippen LogP contribution in [0.4, 0.5) is 0 Å². The normalized spacial score (nSPS) is 12.4. The van der Waals surface area contributed by atoms with Crippen molar-refractivity contribution in [2.75, 3.05) is 0 Å². The van der Waals surface area contributed by atoms with Crippen molar-refractivity contribution in [1.29, 1.82) is 0 Å². The summed E-state index contributed by atoms with van der Waals surface area (Å²) in [7, 11) is 0. The van der Waals surface area contributed by atoms with E-state index >= 15 is 0 Å². The molecule has 1 atom stereocenters. The second-order valence-corrected chi connectivity index (χ2v) is 4.09. The molecule has 2 rings (SSSR count). The summed E-state index contributed by atoms with van der Waals surface area (Å²) in [5, 5.41) is 0. The maximum atomic E-state index is 5.72. The SMILES string of the molecule is CC(N)CCc1nccc(-c2ccccn2)n1. The minimum Gasteiger partial charge on any atom is -0.328 e. The van der Waals surface area contributed by atoms with Gasteiger partial charge in [0.1, 0.15) is 5.82 Å². The lowest BCUT2D eigenvalue weighted by Gasteiger charge is -2.05. The Bertz CT molecular complexity index is 468. The Morgan fingerprint density at radius 3 is 2.71 bits per heavy atom. The van der Waals surface area contributed by atoms with Crippen LogP contribution in [0.25, 0.3) is 11.4 Å². The van der Waals surface area contributed by atoms with E-state index in [1.54, 1.807) is 12.4 Å². The lowest BCUT2D eigenvalue weighted by Crippen LogP contribution is -2.16. The topological polar surface area (TPSA) is 64.7 Å². The maximum Gasteiger partial charge on any atom is 0.129 e. The zero-order valence-corrected chi connectivity index (χ0v) is 9.87. The zero-order chi connectivity index (χ0) is 12.1. The summed E-state index contributed by atoms with van der Waals surface area (Å²) in [5.41, 5.74) is 7.46. The average Bonchev–Trinajstić information content (AvgIpc) is 2.38. The molecule has 2 heterocycles. The van der Waals surface area contributed by atoms with E-state index in [0.717, 1.165) is 30.1 Å². The molecule has 2 aromatic rings. The van der Waals surface area contributed by atoms with Crippen molar-refractivity contribution in [2.24, 2.45) is 5.73 Å². The lowest BCUT2D eigenvalue weighted by molar-refractivity contribution is 0.648. The summed E-state index contributed by atoms with van der Waals surface area (Å²) in [5.74, 6) is 0.824. The standard InChI is InChI=1S/C13H16N4/c1-10(14)5-6-13-16-9-7-12(17-13)11-4-2-3-8-15-11/h2-4,7-10H,5-6,14H2,1H3. The number of aryl methyl sites for hydroxylation is 1. The Hall–Kier alpha value is -1.81. The van der Waals surface area contributed by atoms with Crippen LogP contribution in [0.2, 0.25) is 0 Å². The number of hydrogen-bond acceptors (Lipinski definition) is 4. The van der Waals surface area contributed by atoms with Crippen molar-refractivity contribution in [3.8, 4) is 11.4 Å². The first-order chi connectivity index (χ1) is 8.25. The molecule has 2 N–H and O–H groups in total. The predicted octanol–water partition coefficient (Wildman–Crippen LogP) is 1.82. The van der Waals surface area contributed by atoms with Gasteiger partial charge in [0.2, 0.25) is 0 Å². The van der Waals surface area contributed by atoms with Gasteiger partial charge in [-0.25, -0.2) is 9.97 Å². The molecule has 4 heteroatoms. The molecule has 0 amide bonds. The van der Waals surface area contributed by atoms with Gasteiger partial charge in [-0.3, -0.25) is 4.98 Å². The molecule has 4 nitrogen and oxygen atoms in total. The Morgan fingerprint density at radius 1 is 1.12 bits per heavy atom. The molecule has 17 heavy (non-hydrogen) atoms. The fourth-order valence-electron chi connectivity index (χ4n) is 1.53. The van der Waals surface area contributed by atoms with E-state index in [9.17, 15) is 0 Å². The van der Waals surface area contributed by atoms with Crippen LogP contribution < -0.4 is 5.73 Å². The summed E-state index contributed by atoms with van der Waals surface area (Å²) in [6.45, 7) is 1.99. The van der Waals surface area contributed by atoms with Crippen LogP contribution in [-0.4, -0.2) is 21.0 Å².